The Morgan fingerprint density at radius 2 is 2.17 bits per heavy atom. The van der Waals surface area contributed by atoms with Crippen LogP contribution in [0, 0.1) is 5.92 Å². The second kappa shape index (κ2) is 5.49. The van der Waals surface area contributed by atoms with Crippen LogP contribution in [0.25, 0.3) is 0 Å². The Labute approximate surface area is 106 Å². The average molecular weight is 243 g/mol. The molecule has 0 unspecified atom stereocenters. The summed E-state index contributed by atoms with van der Waals surface area (Å²) in [5.74, 6) is 0.204. The fourth-order valence-electron chi connectivity index (χ4n) is 1.89. The summed E-state index contributed by atoms with van der Waals surface area (Å²) in [4.78, 5) is 19.0. The van der Waals surface area contributed by atoms with Crippen LogP contribution in [0.1, 0.15) is 35.9 Å². The Bertz CT molecular complexity index is 491. The molecule has 1 amide bonds. The summed E-state index contributed by atoms with van der Waals surface area (Å²) >= 11 is 0. The van der Waals surface area contributed by atoms with Crippen LogP contribution in [0.3, 0.4) is 0 Å². The SMILES string of the molecule is CC(C)[C@@H](NC(=O)c1ccc[nH]1)c1cccnc1. The number of hydrogen-bond donors (Lipinski definition) is 2. The van der Waals surface area contributed by atoms with Gasteiger partial charge < -0.3 is 10.3 Å². The molecule has 0 aliphatic carbocycles. The van der Waals surface area contributed by atoms with Gasteiger partial charge in [0.05, 0.1) is 6.04 Å². The third kappa shape index (κ3) is 2.77. The van der Waals surface area contributed by atoms with E-state index in [4.69, 9.17) is 0 Å². The zero-order valence-electron chi connectivity index (χ0n) is 10.6. The van der Waals surface area contributed by atoms with Crippen molar-refractivity contribution >= 4 is 5.91 Å². The standard InChI is InChI=1S/C14H17N3O/c1-10(2)13(11-5-3-7-15-9-11)17-14(18)12-6-4-8-16-12/h3-10,13,16H,1-2H3,(H,17,18)/t13-/m1/s1. The minimum atomic E-state index is -0.0949. The molecule has 4 heteroatoms. The van der Waals surface area contributed by atoms with Crippen LogP contribution in [0.15, 0.2) is 42.9 Å². The van der Waals surface area contributed by atoms with Gasteiger partial charge in [0.25, 0.3) is 5.91 Å². The van der Waals surface area contributed by atoms with Crippen LogP contribution >= 0.6 is 0 Å². The van der Waals surface area contributed by atoms with Gasteiger partial charge in [-0.15, -0.1) is 0 Å². The van der Waals surface area contributed by atoms with E-state index in [0.717, 1.165) is 5.56 Å². The smallest absolute Gasteiger partial charge is 0.268 e. The van der Waals surface area contributed by atoms with Gasteiger partial charge in [0.2, 0.25) is 0 Å². The summed E-state index contributed by atoms with van der Waals surface area (Å²) in [5.41, 5.74) is 1.59. The van der Waals surface area contributed by atoms with Gasteiger partial charge in [0, 0.05) is 18.6 Å². The number of H-pyrrole nitrogens is 1. The normalized spacial score (nSPS) is 12.4. The first-order chi connectivity index (χ1) is 8.68. The highest BCUT2D eigenvalue weighted by atomic mass is 16.1. The molecule has 0 aliphatic heterocycles. The lowest BCUT2D eigenvalue weighted by atomic mass is 9.97. The molecular formula is C14H17N3O. The largest absolute Gasteiger partial charge is 0.357 e. The van der Waals surface area contributed by atoms with Gasteiger partial charge in [-0.2, -0.15) is 0 Å². The summed E-state index contributed by atoms with van der Waals surface area (Å²) in [5, 5.41) is 3.02. The molecule has 18 heavy (non-hydrogen) atoms. The minimum Gasteiger partial charge on any atom is -0.357 e. The Kier molecular flexibility index (Phi) is 3.77. The average Bonchev–Trinajstić information content (AvgIpc) is 2.90. The molecule has 2 aromatic rings. The lowest BCUT2D eigenvalue weighted by molar-refractivity contribution is 0.0921. The first-order valence-corrected chi connectivity index (χ1v) is 6.02. The van der Waals surface area contributed by atoms with E-state index in [0.29, 0.717) is 11.6 Å². The lowest BCUT2D eigenvalue weighted by Crippen LogP contribution is -2.32. The number of aromatic nitrogens is 2. The van der Waals surface area contributed by atoms with Gasteiger partial charge in [-0.05, 0) is 29.7 Å². The molecule has 0 saturated carbocycles. The minimum absolute atomic E-state index is 0.0329. The van der Waals surface area contributed by atoms with Crippen molar-refractivity contribution in [2.75, 3.05) is 0 Å². The first kappa shape index (κ1) is 12.4. The number of nitrogens with zero attached hydrogens (tertiary/aromatic N) is 1. The molecule has 2 rings (SSSR count). The Morgan fingerprint density at radius 3 is 2.72 bits per heavy atom. The Balaban J connectivity index is 2.15. The van der Waals surface area contributed by atoms with E-state index in [-0.39, 0.29) is 11.9 Å². The zero-order valence-corrected chi connectivity index (χ0v) is 10.6. The van der Waals surface area contributed by atoms with Crippen molar-refractivity contribution in [3.8, 4) is 0 Å². The molecular weight excluding hydrogens is 226 g/mol. The van der Waals surface area contributed by atoms with Crippen molar-refractivity contribution < 1.29 is 4.79 Å². The molecule has 2 N–H and O–H groups in total. The molecule has 0 bridgehead atoms. The fourth-order valence-corrected chi connectivity index (χ4v) is 1.89. The highest BCUT2D eigenvalue weighted by Gasteiger charge is 2.19. The zero-order chi connectivity index (χ0) is 13.0. The molecule has 94 valence electrons. The predicted molar refractivity (Wildman–Crippen MR) is 70.1 cm³/mol. The summed E-state index contributed by atoms with van der Waals surface area (Å²) < 4.78 is 0. The Morgan fingerprint density at radius 1 is 1.33 bits per heavy atom. The number of rotatable bonds is 4. The summed E-state index contributed by atoms with van der Waals surface area (Å²) in [6.07, 6.45) is 5.26. The molecule has 0 saturated heterocycles. The van der Waals surface area contributed by atoms with Crippen LogP contribution in [0.2, 0.25) is 0 Å². The number of nitrogens with one attached hydrogen (secondary N) is 2. The monoisotopic (exact) mass is 243 g/mol. The molecule has 0 radical (unpaired) electrons. The maximum absolute atomic E-state index is 12.0. The van der Waals surface area contributed by atoms with E-state index in [1.54, 1.807) is 24.7 Å². The van der Waals surface area contributed by atoms with E-state index in [1.165, 1.54) is 0 Å². The molecule has 2 aromatic heterocycles. The van der Waals surface area contributed by atoms with Crippen molar-refractivity contribution in [2.45, 2.75) is 19.9 Å². The van der Waals surface area contributed by atoms with Crippen molar-refractivity contribution in [2.24, 2.45) is 5.92 Å². The summed E-state index contributed by atoms with van der Waals surface area (Å²) in [6.45, 7) is 4.15. The summed E-state index contributed by atoms with van der Waals surface area (Å²) in [7, 11) is 0. The third-order valence-electron chi connectivity index (χ3n) is 2.84. The highest BCUT2D eigenvalue weighted by Crippen LogP contribution is 2.20. The van der Waals surface area contributed by atoms with Gasteiger partial charge in [-0.25, -0.2) is 0 Å². The van der Waals surface area contributed by atoms with E-state index in [1.807, 2.05) is 18.2 Å². The van der Waals surface area contributed by atoms with Gasteiger partial charge in [0.15, 0.2) is 0 Å². The number of amides is 1. The molecule has 0 aliphatic rings. The number of hydrogen-bond acceptors (Lipinski definition) is 2. The first-order valence-electron chi connectivity index (χ1n) is 6.02. The summed E-state index contributed by atoms with van der Waals surface area (Å²) in [6, 6.07) is 7.40. The molecule has 2 heterocycles. The molecule has 0 fully saturated rings. The number of carbonyl (C=O) groups excluding carboxylic acids is 1. The third-order valence-corrected chi connectivity index (χ3v) is 2.84. The Hall–Kier alpha value is -2.10. The fraction of sp³-hybridized carbons (Fsp3) is 0.286. The van der Waals surface area contributed by atoms with Gasteiger partial charge in [-0.3, -0.25) is 9.78 Å². The quantitative estimate of drug-likeness (QED) is 0.867. The molecule has 4 nitrogen and oxygen atoms in total. The van der Waals surface area contributed by atoms with Crippen LogP contribution < -0.4 is 5.32 Å². The van der Waals surface area contributed by atoms with Crippen LogP contribution in [0.5, 0.6) is 0 Å². The number of aromatic amines is 1. The van der Waals surface area contributed by atoms with Gasteiger partial charge in [-0.1, -0.05) is 19.9 Å². The van der Waals surface area contributed by atoms with Gasteiger partial charge in [0.1, 0.15) is 5.69 Å². The van der Waals surface area contributed by atoms with E-state index < -0.39 is 0 Å². The molecule has 0 spiro atoms. The van der Waals surface area contributed by atoms with Crippen LogP contribution in [-0.4, -0.2) is 15.9 Å². The maximum atomic E-state index is 12.0. The van der Waals surface area contributed by atoms with Gasteiger partial charge >= 0.3 is 0 Å². The van der Waals surface area contributed by atoms with E-state index in [9.17, 15) is 4.79 Å². The van der Waals surface area contributed by atoms with Crippen molar-refractivity contribution in [1.82, 2.24) is 15.3 Å². The van der Waals surface area contributed by atoms with E-state index in [2.05, 4.69) is 29.1 Å². The maximum Gasteiger partial charge on any atom is 0.268 e. The van der Waals surface area contributed by atoms with Crippen LogP contribution in [-0.2, 0) is 0 Å². The number of carbonyl (C=O) groups is 1. The second-order valence-electron chi connectivity index (χ2n) is 4.57. The van der Waals surface area contributed by atoms with Crippen LogP contribution in [0.4, 0.5) is 0 Å². The highest BCUT2D eigenvalue weighted by molar-refractivity contribution is 5.92. The lowest BCUT2D eigenvalue weighted by Gasteiger charge is -2.22. The van der Waals surface area contributed by atoms with E-state index >= 15 is 0 Å². The van der Waals surface area contributed by atoms with Crippen molar-refractivity contribution in [1.29, 1.82) is 0 Å². The topological polar surface area (TPSA) is 57.8 Å². The predicted octanol–water partition coefficient (Wildman–Crippen LogP) is 2.54. The molecule has 0 aromatic carbocycles. The van der Waals surface area contributed by atoms with Crippen molar-refractivity contribution in [3.05, 3.63) is 54.1 Å². The second-order valence-corrected chi connectivity index (χ2v) is 4.57. The number of pyridine rings is 1. The van der Waals surface area contributed by atoms with Crippen molar-refractivity contribution in [3.63, 3.8) is 0 Å². The molecule has 1 atom stereocenters.